The fourth-order valence-corrected chi connectivity index (χ4v) is 5.29. The van der Waals surface area contributed by atoms with E-state index in [9.17, 15) is 4.79 Å². The lowest BCUT2D eigenvalue weighted by Crippen LogP contribution is -2.55. The predicted octanol–water partition coefficient (Wildman–Crippen LogP) is 6.14. The van der Waals surface area contributed by atoms with Gasteiger partial charge < -0.3 is 9.88 Å². The van der Waals surface area contributed by atoms with E-state index in [0.29, 0.717) is 10.8 Å². The molecule has 1 saturated carbocycles. The van der Waals surface area contributed by atoms with Gasteiger partial charge in [-0.3, -0.25) is 9.69 Å². The second-order valence-corrected chi connectivity index (χ2v) is 9.15. The fourth-order valence-electron chi connectivity index (χ4n) is 4.82. The molecule has 1 N–H and O–H groups in total. The molecule has 3 aromatic rings. The highest BCUT2D eigenvalue weighted by molar-refractivity contribution is 7.81. The number of thiocarbonyl (C=S) groups is 1. The van der Waals surface area contributed by atoms with Crippen molar-refractivity contribution in [2.24, 2.45) is 0 Å². The quantitative estimate of drug-likeness (QED) is 0.346. The summed E-state index contributed by atoms with van der Waals surface area (Å²) in [5.74, 6) is 1.05. The van der Waals surface area contributed by atoms with Gasteiger partial charge in [0.2, 0.25) is 0 Å². The van der Waals surface area contributed by atoms with Crippen LogP contribution in [0.2, 0.25) is 0 Å². The number of hydrogen-bond acceptors (Lipinski definition) is 3. The smallest absolute Gasteiger partial charge is 0.259 e. The molecule has 7 heteroatoms. The summed E-state index contributed by atoms with van der Waals surface area (Å²) in [6.07, 6.45) is 9.15. The van der Waals surface area contributed by atoms with E-state index in [0.717, 1.165) is 61.3 Å². The highest BCUT2D eigenvalue weighted by atomic mass is 32.1. The molecule has 34 heavy (non-hydrogen) atoms. The van der Waals surface area contributed by atoms with Crippen LogP contribution in [0.5, 0.6) is 0 Å². The molecule has 1 amide bonds. The Hall–Kier alpha value is -3.50. The average molecular weight is 472 g/mol. The minimum atomic E-state index is -0.593. The van der Waals surface area contributed by atoms with E-state index >= 15 is 0 Å². The van der Waals surface area contributed by atoms with E-state index in [-0.39, 0.29) is 13.3 Å². The van der Waals surface area contributed by atoms with Gasteiger partial charge in [0.25, 0.3) is 5.91 Å². The number of hydrogen-bond donors (Lipinski definition) is 1. The first-order chi connectivity index (χ1) is 16.0. The van der Waals surface area contributed by atoms with Gasteiger partial charge in [0.05, 0.1) is 6.57 Å². The molecular weight excluding hydrogens is 442 g/mol. The Kier molecular flexibility index (Phi) is 6.54. The van der Waals surface area contributed by atoms with Crippen LogP contribution in [0.3, 0.4) is 0 Å². The van der Waals surface area contributed by atoms with Crippen LogP contribution < -0.4 is 9.80 Å². The number of carbonyl (C=O) groups excluding carboxylic acids is 1. The number of nitrogens with one attached hydrogen (secondary N) is 1. The van der Waals surface area contributed by atoms with Crippen LogP contribution in [0.1, 0.15) is 50.1 Å². The van der Waals surface area contributed by atoms with Crippen molar-refractivity contribution >= 4 is 40.3 Å². The molecule has 1 saturated heterocycles. The monoisotopic (exact) mass is 471 g/mol. The van der Waals surface area contributed by atoms with Crippen molar-refractivity contribution in [1.82, 2.24) is 9.97 Å². The number of amides is 1. The molecular formula is C27H29N5OS. The second kappa shape index (κ2) is 9.40. The van der Waals surface area contributed by atoms with E-state index in [2.05, 4.69) is 44.0 Å². The van der Waals surface area contributed by atoms with Gasteiger partial charge in [0.1, 0.15) is 11.4 Å². The molecule has 1 aliphatic heterocycles. The standard InChI is InChI=1S/C26H25N5OS.CH4/c1-18-17-21(11-12-22(18)27-2)30-24(32)26(13-4-14-26)31(25(30)33)20-9-7-19(8-10-20)5-3-6-23-28-15-16-29-23;/h7-12,15-17H,3-6,13-14H2,1H3,(H,28,29);1H4. The van der Waals surface area contributed by atoms with Crippen molar-refractivity contribution in [2.75, 3.05) is 9.80 Å². The van der Waals surface area contributed by atoms with Gasteiger partial charge in [-0.25, -0.2) is 9.83 Å². The summed E-state index contributed by atoms with van der Waals surface area (Å²) in [5, 5.41) is 0.514. The third-order valence-electron chi connectivity index (χ3n) is 6.78. The van der Waals surface area contributed by atoms with Crippen LogP contribution in [-0.4, -0.2) is 26.5 Å². The number of aromatic amines is 1. The summed E-state index contributed by atoms with van der Waals surface area (Å²) >= 11 is 5.87. The summed E-state index contributed by atoms with van der Waals surface area (Å²) in [6.45, 7) is 9.18. The van der Waals surface area contributed by atoms with Crippen LogP contribution in [0.15, 0.2) is 54.9 Å². The lowest BCUT2D eigenvalue weighted by atomic mass is 9.75. The van der Waals surface area contributed by atoms with Crippen LogP contribution >= 0.6 is 12.2 Å². The number of nitrogens with zero attached hydrogens (tertiary/aromatic N) is 4. The van der Waals surface area contributed by atoms with E-state index in [1.54, 1.807) is 17.2 Å². The Morgan fingerprint density at radius 1 is 1.15 bits per heavy atom. The molecule has 1 aliphatic carbocycles. The maximum Gasteiger partial charge on any atom is 0.259 e. The molecule has 2 heterocycles. The summed E-state index contributed by atoms with van der Waals surface area (Å²) in [5.41, 5.74) is 3.79. The number of imidazole rings is 1. The molecule has 1 spiro atoms. The molecule has 6 nitrogen and oxygen atoms in total. The highest BCUT2D eigenvalue weighted by Crippen LogP contribution is 2.48. The number of anilines is 2. The number of aryl methyl sites for hydroxylation is 3. The largest absolute Gasteiger partial charge is 0.349 e. The third kappa shape index (κ3) is 3.88. The number of carbonyl (C=O) groups is 1. The zero-order chi connectivity index (χ0) is 23.0. The van der Waals surface area contributed by atoms with E-state index in [1.807, 2.05) is 25.3 Å². The second-order valence-electron chi connectivity index (χ2n) is 8.78. The van der Waals surface area contributed by atoms with E-state index < -0.39 is 5.54 Å². The molecule has 0 unspecified atom stereocenters. The van der Waals surface area contributed by atoms with E-state index in [1.165, 1.54) is 5.56 Å². The minimum absolute atomic E-state index is 0. The first kappa shape index (κ1) is 23.7. The molecule has 174 valence electrons. The number of benzene rings is 2. The van der Waals surface area contributed by atoms with Crippen LogP contribution in [-0.2, 0) is 17.6 Å². The first-order valence-corrected chi connectivity index (χ1v) is 11.7. The van der Waals surface area contributed by atoms with Gasteiger partial charge in [-0.1, -0.05) is 25.6 Å². The Balaban J connectivity index is 0.00000274. The Bertz CT molecular complexity index is 1240. The van der Waals surface area contributed by atoms with Crippen LogP contribution in [0, 0.1) is 13.5 Å². The fraction of sp³-hybridized carbons (Fsp3) is 0.333. The Morgan fingerprint density at radius 3 is 2.47 bits per heavy atom. The maximum atomic E-state index is 13.6. The highest BCUT2D eigenvalue weighted by Gasteiger charge is 2.59. The number of rotatable bonds is 6. The molecule has 2 fully saturated rings. The molecule has 2 aromatic carbocycles. The van der Waals surface area contributed by atoms with Crippen molar-refractivity contribution in [2.45, 2.75) is 58.4 Å². The summed E-state index contributed by atoms with van der Waals surface area (Å²) in [6, 6.07) is 13.9. The number of aromatic nitrogens is 2. The average Bonchev–Trinajstić information content (AvgIpc) is 3.38. The van der Waals surface area contributed by atoms with Gasteiger partial charge in [0.15, 0.2) is 10.8 Å². The zero-order valence-corrected chi connectivity index (χ0v) is 19.4. The van der Waals surface area contributed by atoms with Gasteiger partial charge in [-0.2, -0.15) is 0 Å². The zero-order valence-electron chi connectivity index (χ0n) is 18.5. The maximum absolute atomic E-state index is 13.6. The lowest BCUT2D eigenvalue weighted by molar-refractivity contribution is -0.123. The molecule has 5 rings (SSSR count). The van der Waals surface area contributed by atoms with Crippen molar-refractivity contribution in [3.63, 3.8) is 0 Å². The lowest BCUT2D eigenvalue weighted by Gasteiger charge is -2.43. The topological polar surface area (TPSA) is 56.6 Å². The van der Waals surface area contributed by atoms with Crippen LogP contribution in [0.25, 0.3) is 4.85 Å². The van der Waals surface area contributed by atoms with Gasteiger partial charge in [-0.05, 0) is 86.6 Å². The van der Waals surface area contributed by atoms with Gasteiger partial charge in [0, 0.05) is 30.2 Å². The molecule has 0 radical (unpaired) electrons. The normalized spacial score (nSPS) is 16.4. The predicted molar refractivity (Wildman–Crippen MR) is 140 cm³/mol. The molecule has 0 bridgehead atoms. The first-order valence-electron chi connectivity index (χ1n) is 11.3. The third-order valence-corrected chi connectivity index (χ3v) is 7.15. The van der Waals surface area contributed by atoms with E-state index in [4.69, 9.17) is 18.8 Å². The van der Waals surface area contributed by atoms with Crippen LogP contribution in [0.4, 0.5) is 17.1 Å². The van der Waals surface area contributed by atoms with Crippen molar-refractivity contribution in [3.05, 3.63) is 83.2 Å². The molecule has 1 aromatic heterocycles. The Labute approximate surface area is 206 Å². The molecule has 0 atom stereocenters. The summed E-state index contributed by atoms with van der Waals surface area (Å²) < 4.78 is 0. The number of H-pyrrole nitrogens is 1. The van der Waals surface area contributed by atoms with Crippen molar-refractivity contribution < 1.29 is 4.79 Å². The molecule has 2 aliphatic rings. The van der Waals surface area contributed by atoms with Crippen molar-refractivity contribution in [3.8, 4) is 0 Å². The summed E-state index contributed by atoms with van der Waals surface area (Å²) in [4.78, 5) is 28.3. The van der Waals surface area contributed by atoms with Gasteiger partial charge in [-0.15, -0.1) is 0 Å². The summed E-state index contributed by atoms with van der Waals surface area (Å²) in [7, 11) is 0. The van der Waals surface area contributed by atoms with Crippen molar-refractivity contribution in [1.29, 1.82) is 0 Å². The van der Waals surface area contributed by atoms with Gasteiger partial charge >= 0.3 is 0 Å². The minimum Gasteiger partial charge on any atom is -0.349 e. The SMILES string of the molecule is C.[C-]#[N+]c1ccc(N2C(=O)C3(CCC3)N(c3ccc(CCCc4ncc[nH]4)cc3)C2=S)cc1C. The Morgan fingerprint density at radius 2 is 1.88 bits per heavy atom.